The first-order chi connectivity index (χ1) is 18.6. The van der Waals surface area contributed by atoms with E-state index < -0.39 is 30.2 Å². The van der Waals surface area contributed by atoms with Gasteiger partial charge in [-0.3, -0.25) is 14.6 Å². The zero-order valence-electron chi connectivity index (χ0n) is 19.6. The van der Waals surface area contributed by atoms with Crippen molar-refractivity contribution in [1.82, 2.24) is 15.0 Å². The van der Waals surface area contributed by atoms with E-state index in [1.807, 2.05) is 42.5 Å². The highest BCUT2D eigenvalue weighted by molar-refractivity contribution is 6.04. The highest BCUT2D eigenvalue weighted by Crippen LogP contribution is 2.19. The van der Waals surface area contributed by atoms with Crippen molar-refractivity contribution in [3.05, 3.63) is 89.2 Å². The molecule has 1 aromatic carbocycles. The average molecular weight is 570 g/mol. The molecule has 0 aliphatic heterocycles. The SMILES string of the molecule is O=C(Nc1cc(-c2ccncc2)c[nH]c1=O)c1ccc2ccccc2n1.O=C(O)C(F)(F)F.O=C(O)C(F)(F)F. The second-order valence-electron chi connectivity index (χ2n) is 7.32. The highest BCUT2D eigenvalue weighted by Gasteiger charge is 2.38. The van der Waals surface area contributed by atoms with Crippen LogP contribution in [0.1, 0.15) is 10.5 Å². The highest BCUT2D eigenvalue weighted by atomic mass is 19.4. The molecule has 0 saturated heterocycles. The summed E-state index contributed by atoms with van der Waals surface area (Å²) in [7, 11) is 0. The third-order valence-corrected chi connectivity index (χ3v) is 4.48. The molecule has 0 fully saturated rings. The van der Waals surface area contributed by atoms with Crippen LogP contribution in [0.4, 0.5) is 32.0 Å². The smallest absolute Gasteiger partial charge is 0.475 e. The molecule has 0 aliphatic rings. The van der Waals surface area contributed by atoms with Crippen molar-refractivity contribution in [2.24, 2.45) is 0 Å². The number of aromatic amines is 1. The van der Waals surface area contributed by atoms with Crippen molar-refractivity contribution < 1.29 is 50.9 Å². The Morgan fingerprint density at radius 1 is 0.800 bits per heavy atom. The number of carboxylic acids is 2. The number of aliphatic carboxylic acids is 2. The van der Waals surface area contributed by atoms with Crippen LogP contribution in [0.5, 0.6) is 0 Å². The quantitative estimate of drug-likeness (QED) is 0.262. The number of anilines is 1. The molecule has 1 amide bonds. The first-order valence-corrected chi connectivity index (χ1v) is 10.5. The van der Waals surface area contributed by atoms with Gasteiger partial charge in [0, 0.05) is 29.5 Å². The van der Waals surface area contributed by atoms with Crippen molar-refractivity contribution >= 4 is 34.4 Å². The summed E-state index contributed by atoms with van der Waals surface area (Å²) in [6.07, 6.45) is -5.24. The van der Waals surface area contributed by atoms with E-state index in [1.54, 1.807) is 30.7 Å². The van der Waals surface area contributed by atoms with Crippen LogP contribution in [0.2, 0.25) is 0 Å². The molecular formula is C24H16F6N4O6. The minimum Gasteiger partial charge on any atom is -0.475 e. The van der Waals surface area contributed by atoms with E-state index >= 15 is 0 Å². The average Bonchev–Trinajstić information content (AvgIpc) is 2.89. The Kier molecular flexibility index (Phi) is 10.0. The molecule has 0 spiro atoms. The van der Waals surface area contributed by atoms with Gasteiger partial charge < -0.3 is 20.5 Å². The van der Waals surface area contributed by atoms with Gasteiger partial charge in [-0.1, -0.05) is 24.3 Å². The largest absolute Gasteiger partial charge is 0.490 e. The maximum absolute atomic E-state index is 12.5. The molecule has 4 N–H and O–H groups in total. The Hall–Kier alpha value is -5.28. The van der Waals surface area contributed by atoms with Gasteiger partial charge in [-0.15, -0.1) is 0 Å². The van der Waals surface area contributed by atoms with Gasteiger partial charge in [0.05, 0.1) is 5.52 Å². The zero-order chi connectivity index (χ0) is 30.1. The van der Waals surface area contributed by atoms with Crippen molar-refractivity contribution in [2.75, 3.05) is 5.32 Å². The fourth-order valence-corrected chi connectivity index (χ4v) is 2.67. The molecule has 3 aromatic heterocycles. The van der Waals surface area contributed by atoms with E-state index in [0.717, 1.165) is 22.0 Å². The van der Waals surface area contributed by atoms with Crippen LogP contribution in [0.15, 0.2) is 78.0 Å². The van der Waals surface area contributed by atoms with Crippen LogP contribution >= 0.6 is 0 Å². The number of hydrogen-bond donors (Lipinski definition) is 4. The van der Waals surface area contributed by atoms with Crippen LogP contribution in [-0.4, -0.2) is 55.4 Å². The van der Waals surface area contributed by atoms with E-state index in [1.165, 1.54) is 0 Å². The first-order valence-electron chi connectivity index (χ1n) is 10.5. The van der Waals surface area contributed by atoms with E-state index in [9.17, 15) is 35.9 Å². The lowest BCUT2D eigenvalue weighted by molar-refractivity contribution is -0.193. The number of amides is 1. The van der Waals surface area contributed by atoms with Gasteiger partial charge in [0.1, 0.15) is 11.4 Å². The number of carboxylic acid groups (broad SMARTS) is 2. The predicted molar refractivity (Wildman–Crippen MR) is 127 cm³/mol. The summed E-state index contributed by atoms with van der Waals surface area (Å²) >= 11 is 0. The summed E-state index contributed by atoms with van der Waals surface area (Å²) in [5.41, 5.74) is 2.41. The number of rotatable bonds is 3. The van der Waals surface area contributed by atoms with Crippen LogP contribution in [-0.2, 0) is 9.59 Å². The number of aromatic nitrogens is 3. The normalized spacial score (nSPS) is 10.8. The summed E-state index contributed by atoms with van der Waals surface area (Å²) in [6.45, 7) is 0. The maximum atomic E-state index is 12.5. The van der Waals surface area contributed by atoms with E-state index in [0.29, 0.717) is 0 Å². The van der Waals surface area contributed by atoms with Gasteiger partial charge in [0.2, 0.25) is 0 Å². The number of para-hydroxylation sites is 1. The molecular weight excluding hydrogens is 554 g/mol. The fraction of sp³-hybridized carbons (Fsp3) is 0.0833. The number of nitrogens with zero attached hydrogens (tertiary/aromatic N) is 2. The molecule has 40 heavy (non-hydrogen) atoms. The molecule has 210 valence electrons. The number of hydrogen-bond acceptors (Lipinski definition) is 6. The molecule has 0 bridgehead atoms. The molecule has 16 heteroatoms. The molecule has 3 heterocycles. The van der Waals surface area contributed by atoms with Gasteiger partial charge >= 0.3 is 24.3 Å². The van der Waals surface area contributed by atoms with Crippen LogP contribution < -0.4 is 10.9 Å². The number of H-pyrrole nitrogens is 1. The van der Waals surface area contributed by atoms with E-state index in [2.05, 4.69) is 20.3 Å². The van der Waals surface area contributed by atoms with Gasteiger partial charge in [0.15, 0.2) is 0 Å². The summed E-state index contributed by atoms with van der Waals surface area (Å²) in [5.74, 6) is -5.95. The standard InChI is InChI=1S/C20H14N4O2.2C2HF3O2/c25-19-18(11-15(12-22-19)13-7-9-21-10-8-13)24-20(26)17-6-5-14-3-1-2-4-16(14)23-17;2*3-2(4,5)1(6)7/h1-12H,(H,22,25)(H,24,26);2*(H,6,7). The Labute approximate surface area is 219 Å². The number of fused-ring (bicyclic) bond motifs is 1. The van der Waals surface area contributed by atoms with Gasteiger partial charge in [-0.2, -0.15) is 26.3 Å². The number of carbonyl (C=O) groups is 3. The molecule has 0 aliphatic carbocycles. The molecule has 0 unspecified atom stereocenters. The van der Waals surface area contributed by atoms with Crippen molar-refractivity contribution in [1.29, 1.82) is 0 Å². The lowest BCUT2D eigenvalue weighted by Crippen LogP contribution is -2.21. The van der Waals surface area contributed by atoms with Crippen LogP contribution in [0.3, 0.4) is 0 Å². The summed E-state index contributed by atoms with van der Waals surface area (Å²) < 4.78 is 63.5. The number of halogens is 6. The Balaban J connectivity index is 0.000000333. The van der Waals surface area contributed by atoms with Crippen LogP contribution in [0, 0.1) is 0 Å². The van der Waals surface area contributed by atoms with E-state index in [4.69, 9.17) is 19.8 Å². The third-order valence-electron chi connectivity index (χ3n) is 4.48. The number of pyridine rings is 3. The molecule has 0 radical (unpaired) electrons. The Morgan fingerprint density at radius 2 is 1.35 bits per heavy atom. The van der Waals surface area contributed by atoms with Gasteiger partial charge in [-0.05, 0) is 35.9 Å². The van der Waals surface area contributed by atoms with Crippen molar-refractivity contribution in [2.45, 2.75) is 12.4 Å². The van der Waals surface area contributed by atoms with Gasteiger partial charge in [0.25, 0.3) is 11.5 Å². The van der Waals surface area contributed by atoms with Crippen molar-refractivity contribution in [3.8, 4) is 11.1 Å². The minimum absolute atomic E-state index is 0.166. The molecule has 4 rings (SSSR count). The summed E-state index contributed by atoms with van der Waals surface area (Å²) in [5, 5.41) is 17.8. The third kappa shape index (κ3) is 9.23. The lowest BCUT2D eigenvalue weighted by atomic mass is 10.1. The van der Waals surface area contributed by atoms with E-state index in [-0.39, 0.29) is 16.9 Å². The van der Waals surface area contributed by atoms with Crippen molar-refractivity contribution in [3.63, 3.8) is 0 Å². The topological polar surface area (TPSA) is 162 Å². The monoisotopic (exact) mass is 570 g/mol. The zero-order valence-corrected chi connectivity index (χ0v) is 19.6. The fourth-order valence-electron chi connectivity index (χ4n) is 2.67. The summed E-state index contributed by atoms with van der Waals surface area (Å²) in [6, 6.07) is 16.3. The number of nitrogens with one attached hydrogen (secondary N) is 2. The predicted octanol–water partition coefficient (Wildman–Crippen LogP) is 4.50. The molecule has 4 aromatic rings. The Bertz CT molecular complexity index is 1530. The first kappa shape index (κ1) is 30.9. The lowest BCUT2D eigenvalue weighted by Gasteiger charge is -2.07. The molecule has 0 saturated carbocycles. The number of alkyl halides is 6. The maximum Gasteiger partial charge on any atom is 0.490 e. The molecule has 10 nitrogen and oxygen atoms in total. The van der Waals surface area contributed by atoms with Crippen LogP contribution in [0.25, 0.3) is 22.0 Å². The Morgan fingerprint density at radius 3 is 1.90 bits per heavy atom. The summed E-state index contributed by atoms with van der Waals surface area (Å²) in [4.78, 5) is 53.4. The second-order valence-corrected chi connectivity index (χ2v) is 7.32. The molecule has 0 atom stereocenters. The minimum atomic E-state index is -5.08. The van der Waals surface area contributed by atoms with Gasteiger partial charge in [-0.25, -0.2) is 14.6 Å². The number of benzene rings is 1. The second kappa shape index (κ2) is 13.0. The number of carbonyl (C=O) groups excluding carboxylic acids is 1.